The van der Waals surface area contributed by atoms with E-state index >= 15 is 0 Å². The second-order valence-corrected chi connectivity index (χ2v) is 6.69. The third-order valence-electron chi connectivity index (χ3n) is 4.07. The highest BCUT2D eigenvalue weighted by Crippen LogP contribution is 2.28. The SMILES string of the molecule is C[C@H](c1nc2ccccc2s1)N(C)C(=O)NC[C@@H]1CCCO1. The molecule has 0 spiro atoms. The number of urea groups is 1. The average molecular weight is 319 g/mol. The standard InChI is InChI=1S/C16H21N3O2S/c1-11(15-18-13-7-3-4-8-14(13)22-15)19(2)16(20)17-10-12-6-5-9-21-12/h3-4,7-8,11-12H,5-6,9-10H2,1-2H3,(H,17,20)/t11-,12+/m1/s1. The van der Waals surface area contributed by atoms with Crippen molar-refractivity contribution in [1.82, 2.24) is 15.2 Å². The minimum Gasteiger partial charge on any atom is -0.376 e. The number of thiazole rings is 1. The molecule has 2 aromatic rings. The summed E-state index contributed by atoms with van der Waals surface area (Å²) >= 11 is 1.64. The molecular weight excluding hydrogens is 298 g/mol. The minimum atomic E-state index is -0.0812. The van der Waals surface area contributed by atoms with E-state index in [0.29, 0.717) is 6.54 Å². The average Bonchev–Trinajstić information content (AvgIpc) is 3.19. The molecule has 0 aliphatic carbocycles. The van der Waals surface area contributed by atoms with Crippen LogP contribution in [0.5, 0.6) is 0 Å². The number of ether oxygens (including phenoxy) is 1. The summed E-state index contributed by atoms with van der Waals surface area (Å²) in [4.78, 5) is 18.6. The van der Waals surface area contributed by atoms with E-state index < -0.39 is 0 Å². The largest absolute Gasteiger partial charge is 0.376 e. The molecule has 2 atom stereocenters. The number of para-hydroxylation sites is 1. The third-order valence-corrected chi connectivity index (χ3v) is 5.28. The lowest BCUT2D eigenvalue weighted by Crippen LogP contribution is -2.41. The van der Waals surface area contributed by atoms with Crippen LogP contribution in [0.1, 0.15) is 30.8 Å². The van der Waals surface area contributed by atoms with Crippen molar-refractivity contribution < 1.29 is 9.53 Å². The van der Waals surface area contributed by atoms with Crippen molar-refractivity contribution in [1.29, 1.82) is 0 Å². The van der Waals surface area contributed by atoms with Gasteiger partial charge in [-0.3, -0.25) is 0 Å². The first-order valence-corrected chi connectivity index (χ1v) is 8.44. The molecule has 1 N–H and O–H groups in total. The number of benzene rings is 1. The molecule has 118 valence electrons. The van der Waals surface area contributed by atoms with Crippen LogP contribution in [-0.4, -0.2) is 42.2 Å². The number of nitrogens with one attached hydrogen (secondary N) is 1. The van der Waals surface area contributed by atoms with E-state index in [2.05, 4.69) is 16.4 Å². The zero-order valence-corrected chi connectivity index (χ0v) is 13.7. The molecule has 1 aromatic carbocycles. The highest BCUT2D eigenvalue weighted by Gasteiger charge is 2.22. The van der Waals surface area contributed by atoms with Gasteiger partial charge in [0.05, 0.1) is 22.4 Å². The first-order chi connectivity index (χ1) is 10.6. The Morgan fingerprint density at radius 2 is 2.36 bits per heavy atom. The van der Waals surface area contributed by atoms with E-state index in [9.17, 15) is 4.79 Å². The molecule has 22 heavy (non-hydrogen) atoms. The Hall–Kier alpha value is -1.66. The number of aromatic nitrogens is 1. The summed E-state index contributed by atoms with van der Waals surface area (Å²) in [6.45, 7) is 3.39. The summed E-state index contributed by atoms with van der Waals surface area (Å²) in [6, 6.07) is 7.91. The fourth-order valence-corrected chi connectivity index (χ4v) is 3.60. The van der Waals surface area contributed by atoms with Crippen molar-refractivity contribution in [2.75, 3.05) is 20.2 Å². The number of rotatable bonds is 4. The summed E-state index contributed by atoms with van der Waals surface area (Å²) in [5, 5.41) is 3.90. The lowest BCUT2D eigenvalue weighted by molar-refractivity contribution is 0.108. The van der Waals surface area contributed by atoms with Crippen molar-refractivity contribution in [3.8, 4) is 0 Å². The summed E-state index contributed by atoms with van der Waals surface area (Å²) in [5.41, 5.74) is 0.988. The number of nitrogens with zero attached hydrogens (tertiary/aromatic N) is 2. The molecule has 0 bridgehead atoms. The Morgan fingerprint density at radius 3 is 3.09 bits per heavy atom. The van der Waals surface area contributed by atoms with Gasteiger partial charge in [-0.25, -0.2) is 9.78 Å². The fraction of sp³-hybridized carbons (Fsp3) is 0.500. The van der Waals surface area contributed by atoms with E-state index in [1.54, 1.807) is 16.2 Å². The van der Waals surface area contributed by atoms with Crippen molar-refractivity contribution in [2.24, 2.45) is 0 Å². The van der Waals surface area contributed by atoms with Gasteiger partial charge in [0.25, 0.3) is 0 Å². The van der Waals surface area contributed by atoms with Crippen LogP contribution in [0.2, 0.25) is 0 Å². The Balaban J connectivity index is 1.62. The highest BCUT2D eigenvalue weighted by molar-refractivity contribution is 7.18. The predicted octanol–water partition coefficient (Wildman–Crippen LogP) is 3.18. The van der Waals surface area contributed by atoms with Crippen LogP contribution in [0, 0.1) is 0 Å². The summed E-state index contributed by atoms with van der Waals surface area (Å²) in [7, 11) is 1.81. The van der Waals surface area contributed by atoms with Gasteiger partial charge in [-0.05, 0) is 31.9 Å². The molecule has 1 aliphatic rings. The molecule has 1 saturated heterocycles. The first-order valence-electron chi connectivity index (χ1n) is 7.63. The van der Waals surface area contributed by atoms with Gasteiger partial charge < -0.3 is 15.0 Å². The van der Waals surface area contributed by atoms with Gasteiger partial charge in [-0.15, -0.1) is 11.3 Å². The Kier molecular flexibility index (Phi) is 4.59. The molecule has 1 aromatic heterocycles. The Labute approximate surface area is 134 Å². The normalized spacial score (nSPS) is 19.3. The van der Waals surface area contributed by atoms with Gasteiger partial charge in [0.15, 0.2) is 0 Å². The first kappa shape index (κ1) is 15.2. The fourth-order valence-electron chi connectivity index (χ4n) is 2.54. The number of fused-ring (bicyclic) bond motifs is 1. The smallest absolute Gasteiger partial charge is 0.317 e. The Bertz CT molecular complexity index is 619. The molecule has 5 nitrogen and oxygen atoms in total. The van der Waals surface area contributed by atoms with E-state index in [0.717, 1.165) is 34.7 Å². The van der Waals surface area contributed by atoms with Crippen molar-refractivity contribution in [2.45, 2.75) is 31.9 Å². The lowest BCUT2D eigenvalue weighted by atomic mass is 10.2. The summed E-state index contributed by atoms with van der Waals surface area (Å²) < 4.78 is 6.68. The third kappa shape index (κ3) is 3.23. The van der Waals surface area contributed by atoms with E-state index in [1.165, 1.54) is 0 Å². The maximum Gasteiger partial charge on any atom is 0.317 e. The van der Waals surface area contributed by atoms with Gasteiger partial charge in [0, 0.05) is 20.2 Å². The van der Waals surface area contributed by atoms with E-state index in [1.807, 2.05) is 32.2 Å². The molecule has 1 fully saturated rings. The van der Waals surface area contributed by atoms with Crippen LogP contribution in [0.25, 0.3) is 10.2 Å². The number of hydrogen-bond acceptors (Lipinski definition) is 4. The van der Waals surface area contributed by atoms with Gasteiger partial charge in [0.2, 0.25) is 0 Å². The number of hydrogen-bond donors (Lipinski definition) is 1. The van der Waals surface area contributed by atoms with Crippen molar-refractivity contribution in [3.63, 3.8) is 0 Å². The van der Waals surface area contributed by atoms with Gasteiger partial charge in [-0.1, -0.05) is 12.1 Å². The molecule has 0 unspecified atom stereocenters. The maximum absolute atomic E-state index is 12.3. The topological polar surface area (TPSA) is 54.5 Å². The van der Waals surface area contributed by atoms with Crippen molar-refractivity contribution >= 4 is 27.6 Å². The zero-order chi connectivity index (χ0) is 15.5. The van der Waals surface area contributed by atoms with Gasteiger partial charge >= 0.3 is 6.03 Å². The number of carbonyl (C=O) groups is 1. The molecule has 0 saturated carbocycles. The highest BCUT2D eigenvalue weighted by atomic mass is 32.1. The van der Waals surface area contributed by atoms with E-state index in [4.69, 9.17) is 4.74 Å². The van der Waals surface area contributed by atoms with Crippen LogP contribution < -0.4 is 5.32 Å². The molecule has 2 heterocycles. The van der Waals surface area contributed by atoms with Crippen LogP contribution in [0.4, 0.5) is 4.79 Å². The van der Waals surface area contributed by atoms with Gasteiger partial charge in [-0.2, -0.15) is 0 Å². The monoisotopic (exact) mass is 319 g/mol. The molecule has 3 rings (SSSR count). The lowest BCUT2D eigenvalue weighted by Gasteiger charge is -2.24. The van der Waals surface area contributed by atoms with Crippen LogP contribution in [0.3, 0.4) is 0 Å². The summed E-state index contributed by atoms with van der Waals surface area (Å²) in [5.74, 6) is 0. The van der Waals surface area contributed by atoms with Crippen LogP contribution in [0.15, 0.2) is 24.3 Å². The number of carbonyl (C=O) groups excluding carboxylic acids is 1. The molecule has 6 heteroatoms. The molecule has 1 aliphatic heterocycles. The van der Waals surface area contributed by atoms with Crippen LogP contribution in [-0.2, 0) is 4.74 Å². The zero-order valence-electron chi connectivity index (χ0n) is 12.9. The quantitative estimate of drug-likeness (QED) is 0.941. The second kappa shape index (κ2) is 6.62. The van der Waals surface area contributed by atoms with Crippen molar-refractivity contribution in [3.05, 3.63) is 29.3 Å². The molecule has 0 radical (unpaired) electrons. The van der Waals surface area contributed by atoms with Gasteiger partial charge in [0.1, 0.15) is 5.01 Å². The van der Waals surface area contributed by atoms with E-state index in [-0.39, 0.29) is 18.2 Å². The molecular formula is C16H21N3O2S. The number of amides is 2. The summed E-state index contributed by atoms with van der Waals surface area (Å²) in [6.07, 6.45) is 2.27. The minimum absolute atomic E-state index is 0.0538. The Morgan fingerprint density at radius 1 is 1.55 bits per heavy atom. The second-order valence-electron chi connectivity index (χ2n) is 5.63. The predicted molar refractivity (Wildman–Crippen MR) is 88.2 cm³/mol. The van der Waals surface area contributed by atoms with Crippen LogP contribution >= 0.6 is 11.3 Å². The molecule has 2 amide bonds. The maximum atomic E-state index is 12.3.